The molecule has 0 radical (unpaired) electrons. The third-order valence-electron chi connectivity index (χ3n) is 2.43. The lowest BCUT2D eigenvalue weighted by molar-refractivity contribution is 0.0525. The lowest BCUT2D eigenvalue weighted by atomic mass is 9.98. The fraction of sp³-hybridized carbons (Fsp3) is 0.385. The predicted molar refractivity (Wildman–Crippen MR) is 69.7 cm³/mol. The zero-order valence-electron chi connectivity index (χ0n) is 9.96. The second-order valence-electron chi connectivity index (χ2n) is 3.46. The van der Waals surface area contributed by atoms with Crippen molar-refractivity contribution < 1.29 is 14.3 Å². The van der Waals surface area contributed by atoms with E-state index in [0.717, 1.165) is 0 Å². The second kappa shape index (κ2) is 6.55. The highest BCUT2D eigenvalue weighted by Gasteiger charge is 2.17. The molecule has 4 heteroatoms. The first-order chi connectivity index (χ1) is 8.15. The van der Waals surface area contributed by atoms with Crippen molar-refractivity contribution in [3.8, 4) is 0 Å². The van der Waals surface area contributed by atoms with Crippen LogP contribution in [-0.2, 0) is 10.1 Å². The fourth-order valence-electron chi connectivity index (χ4n) is 1.58. The number of rotatable bonds is 5. The number of halogens is 1. The summed E-state index contributed by atoms with van der Waals surface area (Å²) in [7, 11) is 0. The van der Waals surface area contributed by atoms with Crippen LogP contribution in [0.25, 0.3) is 0 Å². The van der Waals surface area contributed by atoms with Crippen LogP contribution < -0.4 is 0 Å². The number of carbonyl (C=O) groups excluding carboxylic acids is 2. The van der Waals surface area contributed by atoms with Crippen molar-refractivity contribution in [2.45, 2.75) is 25.6 Å². The summed E-state index contributed by atoms with van der Waals surface area (Å²) in [5, 5.41) is 0.461. The number of esters is 1. The minimum absolute atomic E-state index is 0.0330. The zero-order valence-corrected chi connectivity index (χ0v) is 11.5. The topological polar surface area (TPSA) is 43.4 Å². The number of hydrogen-bond acceptors (Lipinski definition) is 3. The van der Waals surface area contributed by atoms with E-state index in [4.69, 9.17) is 4.74 Å². The third-order valence-corrected chi connectivity index (χ3v) is 2.99. The van der Waals surface area contributed by atoms with Crippen LogP contribution in [0.3, 0.4) is 0 Å². The van der Waals surface area contributed by atoms with Gasteiger partial charge in [-0.1, -0.05) is 35.0 Å². The highest BCUT2D eigenvalue weighted by Crippen LogP contribution is 2.20. The minimum Gasteiger partial charge on any atom is -0.462 e. The highest BCUT2D eigenvalue weighted by atomic mass is 79.9. The van der Waals surface area contributed by atoms with Gasteiger partial charge >= 0.3 is 5.97 Å². The standard InChI is InChI=1S/C13H15BrO3/c1-3-12(15)9-6-5-7-10(11(9)8-14)13(16)17-4-2/h5-7H,3-4,8H2,1-2H3. The molecule has 92 valence electrons. The lowest BCUT2D eigenvalue weighted by Crippen LogP contribution is -2.11. The number of ether oxygens (including phenoxy) is 1. The Morgan fingerprint density at radius 2 is 1.88 bits per heavy atom. The molecule has 0 atom stereocenters. The Hall–Kier alpha value is -1.16. The van der Waals surface area contributed by atoms with Crippen LogP contribution >= 0.6 is 15.9 Å². The summed E-state index contributed by atoms with van der Waals surface area (Å²) in [6, 6.07) is 5.13. The van der Waals surface area contributed by atoms with Gasteiger partial charge in [0.15, 0.2) is 5.78 Å². The summed E-state index contributed by atoms with van der Waals surface area (Å²) in [5.74, 6) is -0.349. The van der Waals surface area contributed by atoms with Gasteiger partial charge in [-0.15, -0.1) is 0 Å². The maximum atomic E-state index is 11.8. The van der Waals surface area contributed by atoms with E-state index in [-0.39, 0.29) is 11.8 Å². The normalized spacial score (nSPS) is 10.1. The van der Waals surface area contributed by atoms with E-state index in [0.29, 0.717) is 35.0 Å². The lowest BCUT2D eigenvalue weighted by Gasteiger charge is -2.10. The molecule has 1 aromatic carbocycles. The smallest absolute Gasteiger partial charge is 0.338 e. The minimum atomic E-state index is -0.382. The van der Waals surface area contributed by atoms with Crippen LogP contribution in [-0.4, -0.2) is 18.4 Å². The molecule has 0 aliphatic carbocycles. The number of carbonyl (C=O) groups is 2. The maximum Gasteiger partial charge on any atom is 0.338 e. The van der Waals surface area contributed by atoms with E-state index in [2.05, 4.69) is 15.9 Å². The highest BCUT2D eigenvalue weighted by molar-refractivity contribution is 9.08. The van der Waals surface area contributed by atoms with Gasteiger partial charge in [-0.05, 0) is 18.6 Å². The summed E-state index contributed by atoms with van der Waals surface area (Å²) in [6.45, 7) is 3.89. The summed E-state index contributed by atoms with van der Waals surface area (Å²) in [6.07, 6.45) is 0.423. The summed E-state index contributed by atoms with van der Waals surface area (Å²) in [4.78, 5) is 23.5. The number of Topliss-reactive ketones (excluding diaryl/α,β-unsaturated/α-hetero) is 1. The van der Waals surface area contributed by atoms with Gasteiger partial charge in [-0.25, -0.2) is 4.79 Å². The van der Waals surface area contributed by atoms with Crippen LogP contribution in [0.2, 0.25) is 0 Å². The molecule has 0 bridgehead atoms. The van der Waals surface area contributed by atoms with Crippen molar-refractivity contribution in [2.75, 3.05) is 6.61 Å². The van der Waals surface area contributed by atoms with Gasteiger partial charge in [0, 0.05) is 17.3 Å². The molecule has 0 N–H and O–H groups in total. The molecule has 0 unspecified atom stereocenters. The van der Waals surface area contributed by atoms with Crippen molar-refractivity contribution >= 4 is 27.7 Å². The average molecular weight is 299 g/mol. The monoisotopic (exact) mass is 298 g/mol. The van der Waals surface area contributed by atoms with Crippen molar-refractivity contribution in [2.24, 2.45) is 0 Å². The molecule has 0 fully saturated rings. The molecule has 0 amide bonds. The van der Waals surface area contributed by atoms with Crippen LogP contribution in [0.15, 0.2) is 18.2 Å². The first-order valence-corrected chi connectivity index (χ1v) is 6.66. The van der Waals surface area contributed by atoms with Crippen molar-refractivity contribution in [1.29, 1.82) is 0 Å². The molecule has 3 nitrogen and oxygen atoms in total. The van der Waals surface area contributed by atoms with Crippen LogP contribution in [0.5, 0.6) is 0 Å². The number of benzene rings is 1. The van der Waals surface area contributed by atoms with E-state index in [1.165, 1.54) is 0 Å². The zero-order chi connectivity index (χ0) is 12.8. The molecule has 17 heavy (non-hydrogen) atoms. The Morgan fingerprint density at radius 3 is 2.41 bits per heavy atom. The van der Waals surface area contributed by atoms with Gasteiger partial charge in [-0.3, -0.25) is 4.79 Å². The summed E-state index contributed by atoms with van der Waals surface area (Å²) >= 11 is 3.32. The van der Waals surface area contributed by atoms with Gasteiger partial charge in [0.2, 0.25) is 0 Å². The molecular formula is C13H15BrO3. The second-order valence-corrected chi connectivity index (χ2v) is 4.02. The third kappa shape index (κ3) is 3.16. The fourth-order valence-corrected chi connectivity index (χ4v) is 2.19. The molecule has 0 aromatic heterocycles. The van der Waals surface area contributed by atoms with Gasteiger partial charge < -0.3 is 4.74 Å². The van der Waals surface area contributed by atoms with Crippen LogP contribution in [0.4, 0.5) is 0 Å². The number of ketones is 1. The maximum absolute atomic E-state index is 11.8. The van der Waals surface area contributed by atoms with Crippen LogP contribution in [0, 0.1) is 0 Å². The molecular weight excluding hydrogens is 284 g/mol. The van der Waals surface area contributed by atoms with Gasteiger partial charge in [0.1, 0.15) is 0 Å². The molecule has 1 rings (SSSR count). The molecule has 0 saturated heterocycles. The Balaban J connectivity index is 3.23. The first kappa shape index (κ1) is 13.9. The van der Waals surface area contributed by atoms with Gasteiger partial charge in [0.25, 0.3) is 0 Å². The Labute approximate surface area is 109 Å². The number of hydrogen-bond donors (Lipinski definition) is 0. The molecule has 0 spiro atoms. The summed E-state index contributed by atoms with van der Waals surface area (Å²) in [5.41, 5.74) is 1.76. The van der Waals surface area contributed by atoms with E-state index in [1.54, 1.807) is 32.0 Å². The largest absolute Gasteiger partial charge is 0.462 e. The van der Waals surface area contributed by atoms with Crippen molar-refractivity contribution in [3.63, 3.8) is 0 Å². The van der Waals surface area contributed by atoms with E-state index in [9.17, 15) is 9.59 Å². The Kier molecular flexibility index (Phi) is 5.35. The van der Waals surface area contributed by atoms with Crippen molar-refractivity contribution in [3.05, 3.63) is 34.9 Å². The van der Waals surface area contributed by atoms with Gasteiger partial charge in [0.05, 0.1) is 12.2 Å². The van der Waals surface area contributed by atoms with E-state index < -0.39 is 0 Å². The van der Waals surface area contributed by atoms with Crippen molar-refractivity contribution in [1.82, 2.24) is 0 Å². The predicted octanol–water partition coefficient (Wildman–Crippen LogP) is 3.35. The first-order valence-electron chi connectivity index (χ1n) is 5.53. The average Bonchev–Trinajstić information content (AvgIpc) is 2.37. The molecule has 0 aliphatic heterocycles. The van der Waals surface area contributed by atoms with E-state index >= 15 is 0 Å². The quantitative estimate of drug-likeness (QED) is 0.476. The Morgan fingerprint density at radius 1 is 1.24 bits per heavy atom. The molecule has 0 saturated carbocycles. The molecule has 0 heterocycles. The summed E-state index contributed by atoms with van der Waals surface area (Å²) < 4.78 is 4.97. The van der Waals surface area contributed by atoms with Crippen LogP contribution in [0.1, 0.15) is 46.5 Å². The van der Waals surface area contributed by atoms with E-state index in [1.807, 2.05) is 0 Å². The SMILES string of the molecule is CCOC(=O)c1cccc(C(=O)CC)c1CBr. The molecule has 1 aromatic rings. The number of alkyl halides is 1. The Bertz CT molecular complexity index is 427. The molecule has 0 aliphatic rings. The van der Waals surface area contributed by atoms with Gasteiger partial charge in [-0.2, -0.15) is 0 Å².